The van der Waals surface area contributed by atoms with E-state index in [0.717, 1.165) is 35.5 Å². The summed E-state index contributed by atoms with van der Waals surface area (Å²) >= 11 is 0. The second-order valence-corrected chi connectivity index (χ2v) is 11.6. The van der Waals surface area contributed by atoms with Crippen LogP contribution >= 0.6 is 0 Å². The highest BCUT2D eigenvalue weighted by Crippen LogP contribution is 2.44. The van der Waals surface area contributed by atoms with Crippen molar-refractivity contribution in [2.75, 3.05) is 0 Å². The van der Waals surface area contributed by atoms with E-state index in [1.165, 1.54) is 57.8 Å². The molecule has 2 saturated heterocycles. The third-order valence-electron chi connectivity index (χ3n) is 9.24. The van der Waals surface area contributed by atoms with Crippen LogP contribution in [0.5, 0.6) is 0 Å². The maximum absolute atomic E-state index is 14.1. The van der Waals surface area contributed by atoms with Crippen molar-refractivity contribution in [3.05, 3.63) is 75.7 Å². The number of Topliss-reactive ketones (excluding diaryl/α,β-unsaturated/α-hetero) is 1. The Morgan fingerprint density at radius 2 is 1.46 bits per heavy atom. The number of para-hydroxylation sites is 2. The highest BCUT2D eigenvalue weighted by atomic mass is 16.1. The van der Waals surface area contributed by atoms with Crippen LogP contribution in [0, 0.1) is 0 Å². The van der Waals surface area contributed by atoms with Crippen LogP contribution in [0.2, 0.25) is 0 Å². The van der Waals surface area contributed by atoms with E-state index in [-0.39, 0.29) is 17.4 Å². The van der Waals surface area contributed by atoms with E-state index in [4.69, 9.17) is 4.98 Å². The molecule has 1 aromatic heterocycles. The average molecular weight is 498 g/mol. The van der Waals surface area contributed by atoms with Crippen LogP contribution < -0.4 is 5.56 Å². The van der Waals surface area contributed by atoms with Gasteiger partial charge in [-0.1, -0.05) is 68.5 Å². The Hall–Kier alpha value is -2.79. The van der Waals surface area contributed by atoms with Gasteiger partial charge in [0.2, 0.25) is 0 Å². The van der Waals surface area contributed by atoms with Crippen molar-refractivity contribution in [1.82, 2.24) is 14.5 Å². The minimum absolute atomic E-state index is 0.0147. The molecule has 3 aromatic rings. The predicted octanol–water partition coefficient (Wildman–Crippen LogP) is 6.47. The summed E-state index contributed by atoms with van der Waals surface area (Å²) in [5, 5.41) is 0. The van der Waals surface area contributed by atoms with E-state index in [9.17, 15) is 9.59 Å². The van der Waals surface area contributed by atoms with Crippen molar-refractivity contribution >= 4 is 16.8 Å². The van der Waals surface area contributed by atoms with E-state index in [1.807, 2.05) is 42.5 Å². The summed E-state index contributed by atoms with van der Waals surface area (Å²) in [7, 11) is 0. The van der Waals surface area contributed by atoms with Gasteiger partial charge in [0, 0.05) is 36.2 Å². The standard InChI is InChI=1S/C32H39N3O2/c1-22(36)28-14-8-7-11-23(28)19-30-32(37)35(31-16-10-9-15-29(31)33-30)27-20-25-17-18-26(21-27)34(25)24-12-5-3-2-4-6-13-24/h7-11,14-16,24-27H,2-6,12-13,17-21H2,1H3/t25-,26+,27?. The Morgan fingerprint density at radius 1 is 0.811 bits per heavy atom. The van der Waals surface area contributed by atoms with Gasteiger partial charge in [-0.05, 0) is 63.1 Å². The van der Waals surface area contributed by atoms with Gasteiger partial charge >= 0.3 is 0 Å². The Kier molecular flexibility index (Phi) is 6.98. The number of hydrogen-bond acceptors (Lipinski definition) is 4. The monoisotopic (exact) mass is 497 g/mol. The van der Waals surface area contributed by atoms with E-state index in [1.54, 1.807) is 6.92 Å². The zero-order valence-corrected chi connectivity index (χ0v) is 22.1. The van der Waals surface area contributed by atoms with Crippen LogP contribution in [0.3, 0.4) is 0 Å². The van der Waals surface area contributed by atoms with Crippen molar-refractivity contribution in [3.8, 4) is 0 Å². The van der Waals surface area contributed by atoms with E-state index < -0.39 is 0 Å². The summed E-state index contributed by atoms with van der Waals surface area (Å²) in [5.74, 6) is 0.0230. The van der Waals surface area contributed by atoms with Gasteiger partial charge in [0.15, 0.2) is 5.78 Å². The van der Waals surface area contributed by atoms with Gasteiger partial charge in [0.05, 0.1) is 11.0 Å². The molecule has 0 radical (unpaired) electrons. The largest absolute Gasteiger partial charge is 0.302 e. The number of nitrogens with zero attached hydrogens (tertiary/aromatic N) is 3. The number of benzene rings is 2. The first-order valence-corrected chi connectivity index (χ1v) is 14.5. The van der Waals surface area contributed by atoms with E-state index in [2.05, 4.69) is 15.5 Å². The SMILES string of the molecule is CC(=O)c1ccccc1Cc1nc2ccccc2n(C2C[C@H]3CC[C@@H](C2)N3C2CCCCCCC2)c1=O. The Balaban J connectivity index is 1.34. The number of rotatable bonds is 5. The van der Waals surface area contributed by atoms with Crippen LogP contribution in [0.4, 0.5) is 0 Å². The molecule has 0 spiro atoms. The molecule has 3 fully saturated rings. The predicted molar refractivity (Wildman–Crippen MR) is 148 cm³/mol. The molecule has 2 aliphatic heterocycles. The molecule has 2 aromatic carbocycles. The fourth-order valence-electron chi connectivity index (χ4n) is 7.60. The second kappa shape index (κ2) is 10.5. The molecule has 1 saturated carbocycles. The van der Waals surface area contributed by atoms with Crippen LogP contribution in [-0.4, -0.2) is 38.4 Å². The van der Waals surface area contributed by atoms with Gasteiger partial charge in [-0.3, -0.25) is 14.5 Å². The molecule has 3 heterocycles. The molecule has 6 rings (SSSR count). The molecule has 5 nitrogen and oxygen atoms in total. The molecule has 37 heavy (non-hydrogen) atoms. The maximum Gasteiger partial charge on any atom is 0.273 e. The van der Waals surface area contributed by atoms with Gasteiger partial charge in [0.25, 0.3) is 5.56 Å². The van der Waals surface area contributed by atoms with Crippen LogP contribution in [0.25, 0.3) is 11.0 Å². The van der Waals surface area contributed by atoms with Crippen molar-refractivity contribution < 1.29 is 4.79 Å². The normalized spacial score (nSPS) is 25.2. The van der Waals surface area contributed by atoms with Crippen molar-refractivity contribution in [3.63, 3.8) is 0 Å². The van der Waals surface area contributed by atoms with Gasteiger partial charge in [0.1, 0.15) is 5.69 Å². The average Bonchev–Trinajstić information content (AvgIpc) is 3.13. The summed E-state index contributed by atoms with van der Waals surface area (Å²) in [6.45, 7) is 1.59. The first-order chi connectivity index (χ1) is 18.1. The lowest BCUT2D eigenvalue weighted by molar-refractivity contribution is 0.0497. The quantitative estimate of drug-likeness (QED) is 0.379. The molecule has 0 amide bonds. The van der Waals surface area contributed by atoms with Crippen LogP contribution in [0.1, 0.15) is 105 Å². The second-order valence-electron chi connectivity index (χ2n) is 11.6. The smallest absolute Gasteiger partial charge is 0.273 e. The van der Waals surface area contributed by atoms with E-state index in [0.29, 0.717) is 29.8 Å². The lowest BCUT2D eigenvalue weighted by Crippen LogP contribution is -2.50. The Morgan fingerprint density at radius 3 is 2.19 bits per heavy atom. The molecule has 2 bridgehead atoms. The van der Waals surface area contributed by atoms with Gasteiger partial charge in [-0.25, -0.2) is 4.98 Å². The minimum Gasteiger partial charge on any atom is -0.302 e. The van der Waals surface area contributed by atoms with Gasteiger partial charge in [-0.15, -0.1) is 0 Å². The highest BCUT2D eigenvalue weighted by molar-refractivity contribution is 5.95. The molecule has 5 heteroatoms. The van der Waals surface area contributed by atoms with E-state index >= 15 is 0 Å². The fraction of sp³-hybridized carbons (Fsp3) is 0.531. The number of hydrogen-bond donors (Lipinski definition) is 0. The summed E-state index contributed by atoms with van der Waals surface area (Å²) in [6.07, 6.45) is 14.6. The number of aromatic nitrogens is 2. The number of ketones is 1. The van der Waals surface area contributed by atoms with Gasteiger partial charge in [-0.2, -0.15) is 0 Å². The molecule has 194 valence electrons. The number of fused-ring (bicyclic) bond motifs is 3. The first-order valence-electron chi connectivity index (χ1n) is 14.5. The molecule has 1 aliphatic carbocycles. The Bertz CT molecular complexity index is 1320. The number of piperidine rings is 1. The topological polar surface area (TPSA) is 55.2 Å². The van der Waals surface area contributed by atoms with Crippen LogP contribution in [0.15, 0.2) is 53.3 Å². The lowest BCUT2D eigenvalue weighted by atomic mass is 9.89. The molecule has 1 unspecified atom stereocenters. The molecule has 3 aliphatic rings. The first kappa shape index (κ1) is 24.5. The summed E-state index contributed by atoms with van der Waals surface area (Å²) in [6, 6.07) is 17.8. The third-order valence-corrected chi connectivity index (χ3v) is 9.24. The summed E-state index contributed by atoms with van der Waals surface area (Å²) in [4.78, 5) is 34.0. The van der Waals surface area contributed by atoms with Crippen molar-refractivity contribution in [2.45, 2.75) is 108 Å². The molecular formula is C32H39N3O2. The zero-order valence-electron chi connectivity index (χ0n) is 22.1. The number of carbonyl (C=O) groups excluding carboxylic acids is 1. The molecular weight excluding hydrogens is 458 g/mol. The fourth-order valence-corrected chi connectivity index (χ4v) is 7.60. The van der Waals surface area contributed by atoms with Gasteiger partial charge < -0.3 is 4.57 Å². The summed E-state index contributed by atoms with van der Waals surface area (Å²) in [5.41, 5.74) is 3.92. The lowest BCUT2D eigenvalue weighted by Gasteiger charge is -2.45. The number of carbonyl (C=O) groups is 1. The third kappa shape index (κ3) is 4.79. The Labute approximate surface area is 219 Å². The summed E-state index contributed by atoms with van der Waals surface area (Å²) < 4.78 is 2.08. The minimum atomic E-state index is 0.0147. The van der Waals surface area contributed by atoms with Crippen LogP contribution in [-0.2, 0) is 6.42 Å². The molecule has 3 atom stereocenters. The highest BCUT2D eigenvalue weighted by Gasteiger charge is 2.44. The van der Waals surface area contributed by atoms with Crippen molar-refractivity contribution in [2.24, 2.45) is 0 Å². The van der Waals surface area contributed by atoms with Crippen molar-refractivity contribution in [1.29, 1.82) is 0 Å². The molecule has 0 N–H and O–H groups in total. The maximum atomic E-state index is 14.1. The zero-order chi connectivity index (χ0) is 25.4.